The van der Waals surface area contributed by atoms with Gasteiger partial charge in [0.05, 0.1) is 5.54 Å². The maximum Gasteiger partial charge on any atom is 0.235 e. The first kappa shape index (κ1) is 18.0. The molecule has 1 aliphatic rings. The van der Waals surface area contributed by atoms with Crippen LogP contribution in [0.1, 0.15) is 29.5 Å². The number of rotatable bonds is 8. The molecule has 0 aliphatic heterocycles. The molecule has 1 aliphatic carbocycles. The monoisotopic (exact) mass is 371 g/mol. The molecule has 0 spiro atoms. The van der Waals surface area contributed by atoms with Crippen LogP contribution < -0.4 is 9.47 Å². The van der Waals surface area contributed by atoms with Crippen LogP contribution in [0.5, 0.6) is 11.5 Å². The molecule has 3 aromatic carbocycles. The molecule has 3 aromatic rings. The lowest BCUT2D eigenvalue weighted by atomic mass is 10.0. The Morgan fingerprint density at radius 2 is 1.36 bits per heavy atom. The topological polar surface area (TPSA) is 47.9 Å². The van der Waals surface area contributed by atoms with E-state index in [4.69, 9.17) is 9.47 Å². The molecular formula is C24H21NO3. The number of isocyanates is 1. The summed E-state index contributed by atoms with van der Waals surface area (Å²) in [6.07, 6.45) is 3.41. The Balaban J connectivity index is 1.57. The summed E-state index contributed by atoms with van der Waals surface area (Å²) in [7, 11) is 0. The highest BCUT2D eigenvalue weighted by Gasteiger charge is 2.45. The average Bonchev–Trinajstić information content (AvgIpc) is 3.53. The summed E-state index contributed by atoms with van der Waals surface area (Å²) >= 11 is 0. The van der Waals surface area contributed by atoms with Crippen molar-refractivity contribution < 1.29 is 14.3 Å². The van der Waals surface area contributed by atoms with E-state index in [2.05, 4.69) is 4.99 Å². The lowest BCUT2D eigenvalue weighted by Gasteiger charge is -2.16. The molecule has 0 amide bonds. The largest absolute Gasteiger partial charge is 0.485 e. The van der Waals surface area contributed by atoms with Crippen molar-refractivity contribution in [1.82, 2.24) is 0 Å². The molecule has 0 bridgehead atoms. The van der Waals surface area contributed by atoms with Crippen molar-refractivity contribution >= 4 is 6.08 Å². The summed E-state index contributed by atoms with van der Waals surface area (Å²) in [6, 6.07) is 25.8. The second-order valence-electron chi connectivity index (χ2n) is 6.94. The first-order chi connectivity index (χ1) is 13.8. The third kappa shape index (κ3) is 4.13. The van der Waals surface area contributed by atoms with Crippen LogP contribution in [0.15, 0.2) is 83.9 Å². The number of carbonyl (C=O) groups excluding carboxylic acids is 1. The van der Waals surface area contributed by atoms with Gasteiger partial charge in [-0.15, -0.1) is 0 Å². The molecule has 4 rings (SSSR count). The first-order valence-electron chi connectivity index (χ1n) is 9.36. The van der Waals surface area contributed by atoms with E-state index in [0.717, 1.165) is 29.5 Å². The van der Waals surface area contributed by atoms with Crippen LogP contribution in [0, 0.1) is 0 Å². The van der Waals surface area contributed by atoms with Gasteiger partial charge in [-0.2, -0.15) is 4.99 Å². The van der Waals surface area contributed by atoms with E-state index >= 15 is 0 Å². The fourth-order valence-electron chi connectivity index (χ4n) is 3.17. The number of aliphatic imine (C=N–C) groups is 1. The van der Waals surface area contributed by atoms with Crippen molar-refractivity contribution in [3.63, 3.8) is 0 Å². The summed E-state index contributed by atoms with van der Waals surface area (Å²) in [5.41, 5.74) is 2.69. The van der Waals surface area contributed by atoms with E-state index in [9.17, 15) is 4.79 Å². The zero-order valence-electron chi connectivity index (χ0n) is 15.5. The van der Waals surface area contributed by atoms with Crippen LogP contribution in [0.3, 0.4) is 0 Å². The molecule has 0 radical (unpaired) electrons. The van der Waals surface area contributed by atoms with E-state index in [1.54, 1.807) is 6.08 Å². The minimum atomic E-state index is -0.440. The van der Waals surface area contributed by atoms with Gasteiger partial charge in [0.2, 0.25) is 6.08 Å². The van der Waals surface area contributed by atoms with Gasteiger partial charge < -0.3 is 9.47 Å². The van der Waals surface area contributed by atoms with Gasteiger partial charge in [0.25, 0.3) is 0 Å². The fourth-order valence-corrected chi connectivity index (χ4v) is 3.17. The smallest absolute Gasteiger partial charge is 0.235 e. The van der Waals surface area contributed by atoms with Crippen LogP contribution in [-0.4, -0.2) is 6.08 Å². The van der Waals surface area contributed by atoms with Crippen molar-refractivity contribution in [1.29, 1.82) is 0 Å². The number of hydrogen-bond donors (Lipinski definition) is 0. The third-order valence-corrected chi connectivity index (χ3v) is 4.94. The van der Waals surface area contributed by atoms with E-state index in [1.807, 2.05) is 78.9 Å². The minimum Gasteiger partial charge on any atom is -0.485 e. The molecule has 4 nitrogen and oxygen atoms in total. The Morgan fingerprint density at radius 3 is 1.89 bits per heavy atom. The van der Waals surface area contributed by atoms with Crippen LogP contribution in [-0.2, 0) is 23.5 Å². The number of hydrogen-bond acceptors (Lipinski definition) is 4. The van der Waals surface area contributed by atoms with Crippen molar-refractivity contribution in [2.75, 3.05) is 0 Å². The standard InChI is InChI=1S/C24H21NO3/c26-18-25-24(13-14-24)21-11-12-22(27-16-19-7-3-1-4-8-19)23(15-21)28-17-20-9-5-2-6-10-20/h1-12,15H,13-14,16-17H2. The van der Waals surface area contributed by atoms with Crippen LogP contribution in [0.4, 0.5) is 0 Å². The molecule has 1 saturated carbocycles. The minimum absolute atomic E-state index is 0.440. The summed E-state index contributed by atoms with van der Waals surface area (Å²) in [5, 5.41) is 0. The van der Waals surface area contributed by atoms with Gasteiger partial charge in [-0.25, -0.2) is 4.79 Å². The highest BCUT2D eigenvalue weighted by molar-refractivity contribution is 5.49. The molecule has 0 N–H and O–H groups in total. The maximum absolute atomic E-state index is 10.8. The van der Waals surface area contributed by atoms with E-state index in [1.165, 1.54) is 0 Å². The summed E-state index contributed by atoms with van der Waals surface area (Å²) in [4.78, 5) is 14.8. The highest BCUT2D eigenvalue weighted by atomic mass is 16.5. The molecule has 140 valence electrons. The molecule has 0 aromatic heterocycles. The second-order valence-corrected chi connectivity index (χ2v) is 6.94. The molecule has 1 fully saturated rings. The molecular weight excluding hydrogens is 350 g/mol. The van der Waals surface area contributed by atoms with Crippen LogP contribution in [0.25, 0.3) is 0 Å². The van der Waals surface area contributed by atoms with Gasteiger partial charge >= 0.3 is 0 Å². The van der Waals surface area contributed by atoms with Crippen molar-refractivity contribution in [2.24, 2.45) is 4.99 Å². The van der Waals surface area contributed by atoms with Gasteiger partial charge in [-0.05, 0) is 41.7 Å². The maximum atomic E-state index is 10.8. The molecule has 0 heterocycles. The third-order valence-electron chi connectivity index (χ3n) is 4.94. The number of benzene rings is 3. The van der Waals surface area contributed by atoms with Gasteiger partial charge in [-0.3, -0.25) is 0 Å². The Hall–Kier alpha value is -3.36. The average molecular weight is 371 g/mol. The predicted molar refractivity (Wildman–Crippen MR) is 107 cm³/mol. The zero-order chi connectivity index (χ0) is 19.2. The second kappa shape index (κ2) is 8.12. The normalized spacial score (nSPS) is 14.0. The van der Waals surface area contributed by atoms with Crippen molar-refractivity contribution in [2.45, 2.75) is 31.6 Å². The molecule has 0 atom stereocenters. The van der Waals surface area contributed by atoms with Gasteiger partial charge in [0.15, 0.2) is 11.5 Å². The van der Waals surface area contributed by atoms with Gasteiger partial charge in [0, 0.05) is 0 Å². The summed E-state index contributed by atoms with van der Waals surface area (Å²) < 4.78 is 12.1. The summed E-state index contributed by atoms with van der Waals surface area (Å²) in [6.45, 7) is 0.898. The molecule has 4 heteroatoms. The van der Waals surface area contributed by atoms with Gasteiger partial charge in [-0.1, -0.05) is 66.7 Å². The predicted octanol–water partition coefficient (Wildman–Crippen LogP) is 5.17. The van der Waals surface area contributed by atoms with Crippen molar-refractivity contribution in [3.05, 3.63) is 95.6 Å². The fraction of sp³-hybridized carbons (Fsp3) is 0.208. The lowest BCUT2D eigenvalue weighted by Crippen LogP contribution is -2.05. The lowest BCUT2D eigenvalue weighted by molar-refractivity contribution is 0.255. The molecule has 0 unspecified atom stereocenters. The Bertz CT molecular complexity index is 975. The Morgan fingerprint density at radius 1 is 0.786 bits per heavy atom. The van der Waals surface area contributed by atoms with Crippen LogP contribution in [0.2, 0.25) is 0 Å². The van der Waals surface area contributed by atoms with E-state index in [-0.39, 0.29) is 0 Å². The molecule has 0 saturated heterocycles. The number of nitrogens with zero attached hydrogens (tertiary/aromatic N) is 1. The summed E-state index contributed by atoms with van der Waals surface area (Å²) in [5.74, 6) is 1.33. The van der Waals surface area contributed by atoms with Crippen LogP contribution >= 0.6 is 0 Å². The number of ether oxygens (including phenoxy) is 2. The van der Waals surface area contributed by atoms with E-state index < -0.39 is 5.54 Å². The SMILES string of the molecule is O=C=NC1(c2ccc(OCc3ccccc3)c(OCc3ccccc3)c2)CC1. The Kier molecular flexibility index (Phi) is 5.22. The van der Waals surface area contributed by atoms with Crippen molar-refractivity contribution in [3.8, 4) is 11.5 Å². The zero-order valence-corrected chi connectivity index (χ0v) is 15.5. The Labute approximate surface area is 164 Å². The quantitative estimate of drug-likeness (QED) is 0.405. The first-order valence-corrected chi connectivity index (χ1v) is 9.36. The highest BCUT2D eigenvalue weighted by Crippen LogP contribution is 2.50. The van der Waals surface area contributed by atoms with E-state index in [0.29, 0.717) is 24.7 Å². The van der Waals surface area contributed by atoms with Gasteiger partial charge in [0.1, 0.15) is 13.2 Å². The molecule has 28 heavy (non-hydrogen) atoms.